The summed E-state index contributed by atoms with van der Waals surface area (Å²) in [7, 11) is 0. The second-order valence-corrected chi connectivity index (χ2v) is 4.86. The monoisotopic (exact) mass is 320 g/mol. The molecule has 0 radical (unpaired) electrons. The van der Waals surface area contributed by atoms with Crippen molar-refractivity contribution < 1.29 is 4.79 Å². The minimum absolute atomic E-state index is 0.251. The van der Waals surface area contributed by atoms with Gasteiger partial charge in [-0.25, -0.2) is 9.97 Å². The topological polar surface area (TPSA) is 80.9 Å². The second-order valence-electron chi connectivity index (χ2n) is 3.94. The van der Waals surface area contributed by atoms with E-state index in [1.54, 1.807) is 30.5 Å². The summed E-state index contributed by atoms with van der Waals surface area (Å²) in [6.07, 6.45) is 2.34. The van der Waals surface area contributed by atoms with Crippen LogP contribution in [0.5, 0.6) is 0 Å². The maximum absolute atomic E-state index is 12.1. The van der Waals surface area contributed by atoms with E-state index in [-0.39, 0.29) is 5.91 Å². The first kappa shape index (κ1) is 13.5. The van der Waals surface area contributed by atoms with Crippen molar-refractivity contribution in [3.05, 3.63) is 46.2 Å². The summed E-state index contributed by atoms with van der Waals surface area (Å²) in [4.78, 5) is 20.3. The van der Waals surface area contributed by atoms with Gasteiger partial charge in [0.05, 0.1) is 0 Å². The predicted molar refractivity (Wildman–Crippen MR) is 77.9 cm³/mol. The number of nitrogens with zero attached hydrogens (tertiary/aromatic N) is 2. The van der Waals surface area contributed by atoms with Gasteiger partial charge in [0, 0.05) is 21.9 Å². The molecule has 5 nitrogen and oxygen atoms in total. The minimum atomic E-state index is -0.251. The highest BCUT2D eigenvalue weighted by molar-refractivity contribution is 9.10. The molecule has 0 aromatic carbocycles. The van der Waals surface area contributed by atoms with Gasteiger partial charge in [-0.2, -0.15) is 0 Å². The third kappa shape index (κ3) is 3.51. The lowest BCUT2D eigenvalue weighted by atomic mass is 10.2. The first-order valence-electron chi connectivity index (χ1n) is 5.78. The third-order valence-corrected chi connectivity index (χ3v) is 2.96. The molecule has 98 valence electrons. The number of amides is 1. The highest BCUT2D eigenvalue weighted by Crippen LogP contribution is 2.13. The van der Waals surface area contributed by atoms with E-state index >= 15 is 0 Å². The van der Waals surface area contributed by atoms with Crippen LogP contribution in [0.2, 0.25) is 0 Å². The molecule has 2 heterocycles. The van der Waals surface area contributed by atoms with E-state index in [2.05, 4.69) is 31.2 Å². The number of anilines is 2. The number of aryl methyl sites for hydroxylation is 1. The number of carbonyl (C=O) groups excluding carboxylic acids is 1. The van der Waals surface area contributed by atoms with Crippen molar-refractivity contribution in [3.63, 3.8) is 0 Å². The minimum Gasteiger partial charge on any atom is -0.384 e. The number of nitrogens with two attached hydrogens (primary N) is 1. The van der Waals surface area contributed by atoms with Crippen LogP contribution >= 0.6 is 15.9 Å². The van der Waals surface area contributed by atoms with Crippen LogP contribution in [0.3, 0.4) is 0 Å². The number of nitrogen functional groups attached to an aromatic ring is 1. The summed E-state index contributed by atoms with van der Waals surface area (Å²) in [5.74, 6) is 0.577. The number of carbonyl (C=O) groups is 1. The average Bonchev–Trinajstić information content (AvgIpc) is 2.40. The van der Waals surface area contributed by atoms with E-state index in [0.717, 1.165) is 16.6 Å². The van der Waals surface area contributed by atoms with Crippen molar-refractivity contribution in [2.45, 2.75) is 13.3 Å². The third-order valence-electron chi connectivity index (χ3n) is 2.49. The normalized spacial score (nSPS) is 10.2. The first-order valence-corrected chi connectivity index (χ1v) is 6.57. The number of hydrogen-bond acceptors (Lipinski definition) is 4. The molecule has 0 atom stereocenters. The van der Waals surface area contributed by atoms with Crippen LogP contribution in [-0.2, 0) is 6.42 Å². The van der Waals surface area contributed by atoms with Gasteiger partial charge < -0.3 is 11.1 Å². The SMILES string of the molecule is CCc1cc(C(=O)Nc2ccc(Br)cn2)cc(N)n1. The standard InChI is InChI=1S/C13H13BrN4O/c1-2-10-5-8(6-11(15)17-10)13(19)18-12-4-3-9(14)7-16-12/h3-7H,2H2,1H3,(H2,15,17)(H,16,18,19). The summed E-state index contributed by atoms with van der Waals surface area (Å²) in [5.41, 5.74) is 6.94. The van der Waals surface area contributed by atoms with E-state index in [1.165, 1.54) is 0 Å². The van der Waals surface area contributed by atoms with E-state index in [4.69, 9.17) is 5.73 Å². The molecule has 0 fully saturated rings. The maximum Gasteiger partial charge on any atom is 0.257 e. The molecule has 0 saturated carbocycles. The Morgan fingerprint density at radius 3 is 2.84 bits per heavy atom. The summed E-state index contributed by atoms with van der Waals surface area (Å²) in [5, 5.41) is 2.71. The molecule has 3 N–H and O–H groups in total. The smallest absolute Gasteiger partial charge is 0.257 e. The Kier molecular flexibility index (Phi) is 4.11. The van der Waals surface area contributed by atoms with Gasteiger partial charge in [-0.3, -0.25) is 4.79 Å². The highest BCUT2D eigenvalue weighted by atomic mass is 79.9. The largest absolute Gasteiger partial charge is 0.384 e. The van der Waals surface area contributed by atoms with Crippen molar-refractivity contribution in [2.24, 2.45) is 0 Å². The second kappa shape index (κ2) is 5.79. The fourth-order valence-corrected chi connectivity index (χ4v) is 1.80. The summed E-state index contributed by atoms with van der Waals surface area (Å²) >= 11 is 3.28. The lowest BCUT2D eigenvalue weighted by Crippen LogP contribution is -2.14. The Morgan fingerprint density at radius 1 is 1.42 bits per heavy atom. The summed E-state index contributed by atoms with van der Waals surface area (Å²) < 4.78 is 0.854. The Hall–Kier alpha value is -1.95. The lowest BCUT2D eigenvalue weighted by molar-refractivity contribution is 0.102. The van der Waals surface area contributed by atoms with Crippen LogP contribution in [0.15, 0.2) is 34.9 Å². The van der Waals surface area contributed by atoms with Gasteiger partial charge in [0.2, 0.25) is 0 Å². The average molecular weight is 321 g/mol. The molecule has 0 unspecified atom stereocenters. The Bertz CT molecular complexity index is 598. The quantitative estimate of drug-likeness (QED) is 0.910. The van der Waals surface area contributed by atoms with Gasteiger partial charge in [-0.05, 0) is 46.6 Å². The molecule has 2 aromatic rings. The first-order chi connectivity index (χ1) is 9.08. The fraction of sp³-hybridized carbons (Fsp3) is 0.154. The summed E-state index contributed by atoms with van der Waals surface area (Å²) in [6, 6.07) is 6.80. The van der Waals surface area contributed by atoms with Gasteiger partial charge in [-0.1, -0.05) is 6.92 Å². The molecular weight excluding hydrogens is 308 g/mol. The van der Waals surface area contributed by atoms with Crippen molar-refractivity contribution in [1.82, 2.24) is 9.97 Å². The number of nitrogens with one attached hydrogen (secondary N) is 1. The molecule has 0 saturated heterocycles. The van der Waals surface area contributed by atoms with Gasteiger partial charge >= 0.3 is 0 Å². The predicted octanol–water partition coefficient (Wildman–Crippen LogP) is 2.64. The molecule has 0 aliphatic rings. The fourth-order valence-electron chi connectivity index (χ4n) is 1.56. The molecule has 0 bridgehead atoms. The van der Waals surface area contributed by atoms with Crippen LogP contribution in [-0.4, -0.2) is 15.9 Å². The van der Waals surface area contributed by atoms with Gasteiger partial charge in [0.25, 0.3) is 5.91 Å². The molecule has 6 heteroatoms. The zero-order chi connectivity index (χ0) is 13.8. The van der Waals surface area contributed by atoms with E-state index < -0.39 is 0 Å². The van der Waals surface area contributed by atoms with Crippen LogP contribution in [0.1, 0.15) is 23.0 Å². The van der Waals surface area contributed by atoms with Crippen molar-refractivity contribution in [2.75, 3.05) is 11.1 Å². The van der Waals surface area contributed by atoms with Crippen LogP contribution < -0.4 is 11.1 Å². The zero-order valence-corrected chi connectivity index (χ0v) is 11.9. The summed E-state index contributed by atoms with van der Waals surface area (Å²) in [6.45, 7) is 1.96. The lowest BCUT2D eigenvalue weighted by Gasteiger charge is -2.06. The molecule has 19 heavy (non-hydrogen) atoms. The molecule has 1 amide bonds. The maximum atomic E-state index is 12.1. The van der Waals surface area contributed by atoms with Crippen LogP contribution in [0, 0.1) is 0 Å². The molecule has 0 aliphatic carbocycles. The van der Waals surface area contributed by atoms with Crippen molar-refractivity contribution in [1.29, 1.82) is 0 Å². The number of hydrogen-bond donors (Lipinski definition) is 2. The molecule has 2 rings (SSSR count). The van der Waals surface area contributed by atoms with Gasteiger partial charge in [-0.15, -0.1) is 0 Å². The van der Waals surface area contributed by atoms with E-state index in [9.17, 15) is 4.79 Å². The zero-order valence-electron chi connectivity index (χ0n) is 10.4. The van der Waals surface area contributed by atoms with Crippen molar-refractivity contribution >= 4 is 33.5 Å². The van der Waals surface area contributed by atoms with Crippen LogP contribution in [0.25, 0.3) is 0 Å². The van der Waals surface area contributed by atoms with E-state index in [1.807, 2.05) is 6.92 Å². The molecule has 0 spiro atoms. The Morgan fingerprint density at radius 2 is 2.21 bits per heavy atom. The number of rotatable bonds is 3. The van der Waals surface area contributed by atoms with Gasteiger partial charge in [0.1, 0.15) is 11.6 Å². The number of aromatic nitrogens is 2. The number of pyridine rings is 2. The Labute approximate surface area is 119 Å². The molecule has 2 aromatic heterocycles. The van der Waals surface area contributed by atoms with Gasteiger partial charge in [0.15, 0.2) is 0 Å². The molecule has 0 aliphatic heterocycles. The van der Waals surface area contributed by atoms with E-state index in [0.29, 0.717) is 17.2 Å². The van der Waals surface area contributed by atoms with Crippen molar-refractivity contribution in [3.8, 4) is 0 Å². The molecular formula is C13H13BrN4O. The highest BCUT2D eigenvalue weighted by Gasteiger charge is 2.09. The van der Waals surface area contributed by atoms with Crippen LogP contribution in [0.4, 0.5) is 11.6 Å². The number of halogens is 1. The Balaban J connectivity index is 2.20.